The number of piperidine rings is 1. The van der Waals surface area contributed by atoms with E-state index in [0.29, 0.717) is 51.0 Å². The van der Waals surface area contributed by atoms with Crippen molar-refractivity contribution in [3.05, 3.63) is 83.9 Å². The minimum atomic E-state index is -0.495. The van der Waals surface area contributed by atoms with Gasteiger partial charge in [-0.1, -0.05) is 60.7 Å². The number of nitrogens with one attached hydrogen (secondary N) is 4. The summed E-state index contributed by atoms with van der Waals surface area (Å²) in [6.07, 6.45) is 4.93. The number of carbonyl (C=O) groups excluding carboxylic acids is 3. The molecule has 6 N–H and O–H groups in total. The zero-order chi connectivity index (χ0) is 31.6. The van der Waals surface area contributed by atoms with Crippen LogP contribution in [-0.2, 0) is 9.59 Å². The minimum absolute atomic E-state index is 0.0476. The molecule has 0 saturated carbocycles. The molecule has 2 aliphatic rings. The van der Waals surface area contributed by atoms with Crippen LogP contribution in [0.4, 0.5) is 0 Å². The van der Waals surface area contributed by atoms with Crippen molar-refractivity contribution in [2.45, 2.75) is 56.5 Å². The van der Waals surface area contributed by atoms with Gasteiger partial charge in [-0.15, -0.1) is 0 Å². The van der Waals surface area contributed by atoms with Crippen molar-refractivity contribution >= 4 is 34.5 Å². The van der Waals surface area contributed by atoms with Crippen LogP contribution < -0.4 is 21.7 Å². The molecule has 2 aliphatic heterocycles. The average Bonchev–Trinajstić information content (AvgIpc) is 3.22. The lowest BCUT2D eigenvalue weighted by molar-refractivity contribution is -0.137. The third-order valence-electron chi connectivity index (χ3n) is 8.87. The van der Waals surface area contributed by atoms with Gasteiger partial charge in [-0.25, -0.2) is 0 Å². The zero-order valence-electron chi connectivity index (χ0n) is 25.8. The number of hydrogen-bond donors (Lipinski definition) is 5. The van der Waals surface area contributed by atoms with E-state index in [0.717, 1.165) is 48.7 Å². The molecule has 3 aromatic rings. The van der Waals surface area contributed by atoms with E-state index in [2.05, 4.69) is 16.0 Å². The fourth-order valence-electron chi connectivity index (χ4n) is 6.37. The number of fused-ring (bicyclic) bond motifs is 1. The molecular weight excluding hydrogens is 566 g/mol. The van der Waals surface area contributed by atoms with Crippen molar-refractivity contribution < 1.29 is 14.4 Å². The van der Waals surface area contributed by atoms with Crippen LogP contribution in [0.15, 0.2) is 72.8 Å². The van der Waals surface area contributed by atoms with Crippen LogP contribution in [-0.4, -0.2) is 84.8 Å². The first-order chi connectivity index (χ1) is 21.9. The van der Waals surface area contributed by atoms with Gasteiger partial charge in [0, 0.05) is 50.9 Å². The van der Waals surface area contributed by atoms with E-state index < -0.39 is 12.0 Å². The van der Waals surface area contributed by atoms with Crippen molar-refractivity contribution in [2.24, 2.45) is 5.73 Å². The van der Waals surface area contributed by atoms with Crippen LogP contribution >= 0.6 is 0 Å². The first-order valence-electron chi connectivity index (χ1n) is 16.1. The number of likely N-dealkylation sites (tertiary alicyclic amines) is 1. The van der Waals surface area contributed by atoms with Gasteiger partial charge in [0.2, 0.25) is 11.8 Å². The second-order valence-electron chi connectivity index (χ2n) is 12.1. The Kier molecular flexibility index (Phi) is 11.0. The van der Waals surface area contributed by atoms with Crippen LogP contribution in [0.3, 0.4) is 0 Å². The van der Waals surface area contributed by atoms with Crippen LogP contribution in [0, 0.1) is 5.41 Å². The molecule has 2 saturated heterocycles. The summed E-state index contributed by atoms with van der Waals surface area (Å²) < 4.78 is 0. The molecule has 45 heavy (non-hydrogen) atoms. The number of nitrogens with two attached hydrogens (primary N) is 1. The summed E-state index contributed by atoms with van der Waals surface area (Å²) in [6.45, 7) is 3.12. The average molecular weight is 612 g/mol. The maximum atomic E-state index is 14.0. The molecule has 0 spiro atoms. The predicted octanol–water partition coefficient (Wildman–Crippen LogP) is 3.19. The summed E-state index contributed by atoms with van der Waals surface area (Å²) in [5.41, 5.74) is 6.97. The molecular formula is C35H45N7O3. The topological polar surface area (TPSA) is 144 Å². The van der Waals surface area contributed by atoms with E-state index in [1.165, 1.54) is 0 Å². The molecule has 0 bridgehead atoms. The molecule has 0 aliphatic carbocycles. The first kappa shape index (κ1) is 32.0. The first-order valence-corrected chi connectivity index (χ1v) is 16.1. The second kappa shape index (κ2) is 15.5. The Bertz CT molecular complexity index is 1470. The number of guanidine groups is 1. The number of carbonyl (C=O) groups is 3. The molecule has 2 fully saturated rings. The number of rotatable bonds is 11. The normalized spacial score (nSPS) is 19.5. The summed E-state index contributed by atoms with van der Waals surface area (Å²) >= 11 is 0. The largest absolute Gasteiger partial charge is 0.370 e. The summed E-state index contributed by atoms with van der Waals surface area (Å²) in [4.78, 5) is 44.8. The van der Waals surface area contributed by atoms with Crippen LogP contribution in [0.5, 0.6) is 0 Å². The third-order valence-corrected chi connectivity index (χ3v) is 8.87. The van der Waals surface area contributed by atoms with Crippen LogP contribution in [0.1, 0.15) is 60.4 Å². The van der Waals surface area contributed by atoms with E-state index in [1.807, 2.05) is 82.6 Å². The summed E-state index contributed by atoms with van der Waals surface area (Å²) in [7, 11) is 0. The molecule has 5 rings (SSSR count). The fraction of sp³-hybridized carbons (Fsp3) is 0.429. The molecule has 10 nitrogen and oxygen atoms in total. The minimum Gasteiger partial charge on any atom is -0.370 e. The Labute approximate surface area is 265 Å². The van der Waals surface area contributed by atoms with Gasteiger partial charge in [0.15, 0.2) is 5.96 Å². The number of amides is 3. The molecule has 10 heteroatoms. The Balaban J connectivity index is 1.30. The van der Waals surface area contributed by atoms with Gasteiger partial charge >= 0.3 is 0 Å². The van der Waals surface area contributed by atoms with Gasteiger partial charge in [-0.3, -0.25) is 19.8 Å². The Morgan fingerprint density at radius 3 is 2.42 bits per heavy atom. The van der Waals surface area contributed by atoms with Crippen molar-refractivity contribution in [3.63, 3.8) is 0 Å². The van der Waals surface area contributed by atoms with Crippen molar-refractivity contribution in [3.8, 4) is 0 Å². The summed E-state index contributed by atoms with van der Waals surface area (Å²) in [5, 5.41) is 18.9. The molecule has 3 aromatic carbocycles. The fourth-order valence-corrected chi connectivity index (χ4v) is 6.37. The Morgan fingerprint density at radius 2 is 1.67 bits per heavy atom. The highest BCUT2D eigenvalue weighted by atomic mass is 16.2. The van der Waals surface area contributed by atoms with Gasteiger partial charge in [0.1, 0.15) is 0 Å². The van der Waals surface area contributed by atoms with Gasteiger partial charge in [-0.2, -0.15) is 0 Å². The highest BCUT2D eigenvalue weighted by molar-refractivity contribution is 5.98. The molecule has 2 heterocycles. The predicted molar refractivity (Wildman–Crippen MR) is 177 cm³/mol. The van der Waals surface area contributed by atoms with Gasteiger partial charge in [-0.05, 0) is 67.0 Å². The molecule has 3 atom stereocenters. The lowest BCUT2D eigenvalue weighted by atomic mass is 9.95. The molecule has 3 amide bonds. The van der Waals surface area contributed by atoms with Crippen molar-refractivity contribution in [2.75, 3.05) is 39.3 Å². The highest BCUT2D eigenvalue weighted by Crippen LogP contribution is 2.24. The maximum Gasteiger partial charge on any atom is 0.251 e. The van der Waals surface area contributed by atoms with E-state index in [4.69, 9.17) is 11.1 Å². The zero-order valence-corrected chi connectivity index (χ0v) is 25.8. The lowest BCUT2D eigenvalue weighted by Crippen LogP contribution is -2.50. The Hall–Kier alpha value is -4.44. The number of nitrogens with zero attached hydrogens (tertiary/aromatic N) is 2. The maximum absolute atomic E-state index is 14.0. The monoisotopic (exact) mass is 611 g/mol. The molecule has 0 aromatic heterocycles. The Morgan fingerprint density at radius 1 is 0.933 bits per heavy atom. The van der Waals surface area contributed by atoms with Crippen LogP contribution in [0.2, 0.25) is 0 Å². The van der Waals surface area contributed by atoms with Crippen molar-refractivity contribution in [1.29, 1.82) is 5.41 Å². The van der Waals surface area contributed by atoms with Crippen molar-refractivity contribution in [1.82, 2.24) is 25.8 Å². The number of benzene rings is 3. The van der Waals surface area contributed by atoms with Gasteiger partial charge in [0.25, 0.3) is 5.91 Å². The van der Waals surface area contributed by atoms with Crippen LogP contribution in [0.25, 0.3) is 10.8 Å². The molecule has 0 radical (unpaired) electrons. The lowest BCUT2D eigenvalue weighted by Gasteiger charge is -2.33. The van der Waals surface area contributed by atoms with E-state index in [9.17, 15) is 14.4 Å². The molecule has 238 valence electrons. The van der Waals surface area contributed by atoms with E-state index in [-0.39, 0.29) is 29.7 Å². The quantitative estimate of drug-likeness (QED) is 0.128. The van der Waals surface area contributed by atoms with Gasteiger partial charge < -0.3 is 31.5 Å². The SMILES string of the molecule is N=C(N)NCCC[C@@H]1N[C@H](CNC(=O)c2ccc3ccccc3c2)CCN(CC(C(=O)N2CCCCC2)c2ccccc2)C1=O. The van der Waals surface area contributed by atoms with E-state index >= 15 is 0 Å². The second-order valence-corrected chi connectivity index (χ2v) is 12.1. The summed E-state index contributed by atoms with van der Waals surface area (Å²) in [5.74, 6) is -0.681. The third kappa shape index (κ3) is 8.60. The smallest absolute Gasteiger partial charge is 0.251 e. The van der Waals surface area contributed by atoms with Gasteiger partial charge in [0.05, 0.1) is 12.0 Å². The summed E-state index contributed by atoms with van der Waals surface area (Å²) in [6, 6.07) is 22.7. The molecule has 1 unspecified atom stereocenters. The highest BCUT2D eigenvalue weighted by Gasteiger charge is 2.35. The van der Waals surface area contributed by atoms with E-state index in [1.54, 1.807) is 0 Å². The number of hydrogen-bond acceptors (Lipinski definition) is 5. The standard InChI is InChI=1S/C35H45N7O3/c36-35(37)38-18-9-14-31-34(45)42(24-30(26-11-3-1-4-12-26)33(44)41-19-7-2-8-20-41)21-17-29(40-31)23-39-32(43)28-16-15-25-10-5-6-13-27(25)22-28/h1,3-6,10-13,15-16,22,29-31,40H,2,7-9,14,17-21,23-24H2,(H,39,43)(H4,36,37,38)/t29-,30?,31-/m0/s1.